The maximum Gasteiger partial charge on any atom is 0.356 e. The Kier molecular flexibility index (Phi) is 3.76. The number of rotatable bonds is 5. The average Bonchev–Trinajstić information content (AvgIpc) is 2.83. The van der Waals surface area contributed by atoms with Crippen LogP contribution in [0.4, 0.5) is 5.69 Å². The van der Waals surface area contributed by atoms with E-state index in [-0.39, 0.29) is 30.1 Å². The van der Waals surface area contributed by atoms with Crippen molar-refractivity contribution < 1.29 is 19.9 Å². The van der Waals surface area contributed by atoms with Gasteiger partial charge in [0.25, 0.3) is 5.69 Å². The van der Waals surface area contributed by atoms with E-state index < -0.39 is 10.9 Å². The average molecular weight is 277 g/mol. The highest BCUT2D eigenvalue weighted by atomic mass is 16.6. The van der Waals surface area contributed by atoms with Gasteiger partial charge in [0, 0.05) is 24.4 Å². The first-order chi connectivity index (χ1) is 9.54. The second kappa shape index (κ2) is 5.49. The standard InChI is InChI=1S/C12H11N3O5/c16-6-5-8-7-14(13-11(8)12(17)18)9-3-1-2-4-10(9)15(19)20/h1-4,7,16H,5-6H2,(H,17,18). The molecule has 1 aromatic carbocycles. The number of benzene rings is 1. The van der Waals surface area contributed by atoms with Gasteiger partial charge in [-0.25, -0.2) is 9.48 Å². The van der Waals surface area contributed by atoms with Gasteiger partial charge in [-0.05, 0) is 12.5 Å². The molecule has 0 fully saturated rings. The van der Waals surface area contributed by atoms with Gasteiger partial charge < -0.3 is 10.2 Å². The lowest BCUT2D eigenvalue weighted by Crippen LogP contribution is -2.04. The molecule has 20 heavy (non-hydrogen) atoms. The Morgan fingerprint density at radius 2 is 2.10 bits per heavy atom. The van der Waals surface area contributed by atoms with Gasteiger partial charge >= 0.3 is 5.97 Å². The maximum absolute atomic E-state index is 11.1. The molecule has 8 heteroatoms. The molecule has 2 N–H and O–H groups in total. The van der Waals surface area contributed by atoms with Gasteiger partial charge in [0.2, 0.25) is 0 Å². The van der Waals surface area contributed by atoms with Crippen LogP contribution in [-0.2, 0) is 6.42 Å². The van der Waals surface area contributed by atoms with E-state index in [4.69, 9.17) is 10.2 Å². The minimum atomic E-state index is -1.24. The number of nitro benzene ring substituents is 1. The Morgan fingerprint density at radius 3 is 2.70 bits per heavy atom. The Hall–Kier alpha value is -2.74. The first-order valence-corrected chi connectivity index (χ1v) is 5.71. The molecule has 2 aromatic rings. The van der Waals surface area contributed by atoms with Gasteiger partial charge in [0.15, 0.2) is 5.69 Å². The van der Waals surface area contributed by atoms with E-state index in [1.165, 1.54) is 24.4 Å². The fourth-order valence-electron chi connectivity index (χ4n) is 1.83. The normalized spacial score (nSPS) is 10.4. The molecule has 0 aliphatic rings. The van der Waals surface area contributed by atoms with Gasteiger partial charge in [-0.2, -0.15) is 5.10 Å². The number of nitrogens with zero attached hydrogens (tertiary/aromatic N) is 3. The van der Waals surface area contributed by atoms with Crippen LogP contribution in [0.5, 0.6) is 0 Å². The first-order valence-electron chi connectivity index (χ1n) is 5.71. The van der Waals surface area contributed by atoms with E-state index in [0.29, 0.717) is 5.56 Å². The lowest BCUT2D eigenvalue weighted by molar-refractivity contribution is -0.384. The summed E-state index contributed by atoms with van der Waals surface area (Å²) >= 11 is 0. The largest absolute Gasteiger partial charge is 0.476 e. The van der Waals surface area contributed by atoms with Crippen LogP contribution in [0.2, 0.25) is 0 Å². The number of carboxylic acid groups (broad SMARTS) is 1. The summed E-state index contributed by atoms with van der Waals surface area (Å²) in [5.41, 5.74) is 0.0852. The second-order valence-electron chi connectivity index (χ2n) is 3.97. The zero-order valence-electron chi connectivity index (χ0n) is 10.3. The number of aliphatic hydroxyl groups excluding tert-OH is 1. The van der Waals surface area contributed by atoms with Crippen molar-refractivity contribution >= 4 is 11.7 Å². The van der Waals surface area contributed by atoms with E-state index in [9.17, 15) is 14.9 Å². The van der Waals surface area contributed by atoms with Crippen LogP contribution in [0.1, 0.15) is 16.1 Å². The van der Waals surface area contributed by atoms with E-state index in [0.717, 1.165) is 4.68 Å². The highest BCUT2D eigenvalue weighted by molar-refractivity contribution is 5.87. The Balaban J connectivity index is 2.56. The molecule has 0 unspecified atom stereocenters. The van der Waals surface area contributed by atoms with Gasteiger partial charge in [0.05, 0.1) is 4.92 Å². The molecule has 0 aliphatic heterocycles. The monoisotopic (exact) mass is 277 g/mol. The topological polar surface area (TPSA) is 118 Å². The lowest BCUT2D eigenvalue weighted by atomic mass is 10.2. The minimum absolute atomic E-state index is 0.113. The van der Waals surface area contributed by atoms with Crippen LogP contribution in [-0.4, -0.2) is 37.5 Å². The number of nitro groups is 1. The number of para-hydroxylation sites is 2. The molecule has 0 atom stereocenters. The highest BCUT2D eigenvalue weighted by Gasteiger charge is 2.20. The molecule has 0 saturated heterocycles. The van der Waals surface area contributed by atoms with Crippen LogP contribution in [0.3, 0.4) is 0 Å². The van der Waals surface area contributed by atoms with Gasteiger partial charge in [-0.1, -0.05) is 12.1 Å². The van der Waals surface area contributed by atoms with Crippen molar-refractivity contribution in [3.8, 4) is 5.69 Å². The van der Waals surface area contributed by atoms with Gasteiger partial charge in [-0.15, -0.1) is 0 Å². The van der Waals surface area contributed by atoms with Crippen LogP contribution < -0.4 is 0 Å². The van der Waals surface area contributed by atoms with Crippen molar-refractivity contribution in [3.05, 3.63) is 51.8 Å². The molecule has 8 nitrogen and oxygen atoms in total. The third-order valence-electron chi connectivity index (χ3n) is 2.70. The molecule has 2 rings (SSSR count). The smallest absolute Gasteiger partial charge is 0.356 e. The van der Waals surface area contributed by atoms with Crippen molar-refractivity contribution in [2.45, 2.75) is 6.42 Å². The molecule has 1 aromatic heterocycles. The molecular weight excluding hydrogens is 266 g/mol. The number of carboxylic acids is 1. The number of hydrogen-bond donors (Lipinski definition) is 2. The number of aromatic nitrogens is 2. The van der Waals surface area contributed by atoms with Crippen LogP contribution in [0.15, 0.2) is 30.5 Å². The molecular formula is C12H11N3O5. The summed E-state index contributed by atoms with van der Waals surface area (Å²) < 4.78 is 1.15. The third-order valence-corrected chi connectivity index (χ3v) is 2.70. The van der Waals surface area contributed by atoms with Crippen LogP contribution >= 0.6 is 0 Å². The summed E-state index contributed by atoms with van der Waals surface area (Å²) in [5, 5.41) is 32.7. The second-order valence-corrected chi connectivity index (χ2v) is 3.97. The quantitative estimate of drug-likeness (QED) is 0.622. The van der Waals surface area contributed by atoms with Gasteiger partial charge in [-0.3, -0.25) is 10.1 Å². The molecule has 0 spiro atoms. The van der Waals surface area contributed by atoms with Crippen LogP contribution in [0.25, 0.3) is 5.69 Å². The van der Waals surface area contributed by atoms with Crippen molar-refractivity contribution in [1.29, 1.82) is 0 Å². The summed E-state index contributed by atoms with van der Waals surface area (Å²) in [6.45, 7) is -0.233. The summed E-state index contributed by atoms with van der Waals surface area (Å²) in [6.07, 6.45) is 1.49. The molecule has 0 amide bonds. The Morgan fingerprint density at radius 1 is 1.40 bits per heavy atom. The summed E-state index contributed by atoms with van der Waals surface area (Å²) in [5.74, 6) is -1.24. The first kappa shape index (κ1) is 13.7. The number of carbonyl (C=O) groups is 1. The van der Waals surface area contributed by atoms with Crippen molar-refractivity contribution in [3.63, 3.8) is 0 Å². The lowest BCUT2D eigenvalue weighted by Gasteiger charge is -2.01. The van der Waals surface area contributed by atoms with Crippen molar-refractivity contribution in [2.24, 2.45) is 0 Å². The predicted octanol–water partition coefficient (Wildman–Crippen LogP) is 1.01. The zero-order valence-corrected chi connectivity index (χ0v) is 10.3. The zero-order chi connectivity index (χ0) is 14.7. The molecule has 104 valence electrons. The van der Waals surface area contributed by atoms with E-state index in [1.54, 1.807) is 6.07 Å². The minimum Gasteiger partial charge on any atom is -0.476 e. The number of aromatic carboxylic acids is 1. The van der Waals surface area contributed by atoms with E-state index in [1.807, 2.05) is 0 Å². The van der Waals surface area contributed by atoms with Crippen LogP contribution in [0, 0.1) is 10.1 Å². The summed E-state index contributed by atoms with van der Waals surface area (Å²) in [6, 6.07) is 5.89. The van der Waals surface area contributed by atoms with Gasteiger partial charge in [0.1, 0.15) is 5.69 Å². The predicted molar refractivity (Wildman–Crippen MR) is 68.0 cm³/mol. The number of hydrogen-bond acceptors (Lipinski definition) is 5. The van der Waals surface area contributed by atoms with E-state index in [2.05, 4.69) is 5.10 Å². The van der Waals surface area contributed by atoms with E-state index >= 15 is 0 Å². The third kappa shape index (κ3) is 2.50. The highest BCUT2D eigenvalue weighted by Crippen LogP contribution is 2.23. The fraction of sp³-hybridized carbons (Fsp3) is 0.167. The Labute approximate surface area is 113 Å². The molecule has 0 saturated carbocycles. The summed E-state index contributed by atoms with van der Waals surface area (Å²) in [4.78, 5) is 21.5. The molecule has 0 radical (unpaired) electrons. The molecule has 0 aliphatic carbocycles. The number of aliphatic hydroxyl groups is 1. The maximum atomic E-state index is 11.1. The summed E-state index contributed by atoms with van der Waals surface area (Å²) in [7, 11) is 0. The molecule has 0 bridgehead atoms. The molecule has 1 heterocycles. The van der Waals surface area contributed by atoms with Crippen molar-refractivity contribution in [1.82, 2.24) is 9.78 Å². The Bertz CT molecular complexity index is 665. The SMILES string of the molecule is O=C(O)c1nn(-c2ccccc2[N+](=O)[O-])cc1CCO. The van der Waals surface area contributed by atoms with Crippen molar-refractivity contribution in [2.75, 3.05) is 6.61 Å². The fourth-order valence-corrected chi connectivity index (χ4v) is 1.83.